The van der Waals surface area contributed by atoms with Crippen molar-refractivity contribution >= 4 is 29.2 Å². The molecule has 7 heteroatoms. The number of benzene rings is 2. The average molecular weight is 448 g/mol. The standard InChI is InChI=1S/C25H29N5OS/c1-29(2)21-12-10-19(11-13-21)17-28-24(31)20-7-6-16-30(18-20)23-25(27-15-14-26-23)32-22-8-4-3-5-9-22/h3-5,8-15,20H,6-7,16-18H2,1-2H3,(H,28,31)/t20-/m0/s1. The van der Waals surface area contributed by atoms with Gasteiger partial charge in [-0.15, -0.1) is 0 Å². The van der Waals surface area contributed by atoms with E-state index in [0.29, 0.717) is 13.1 Å². The third kappa shape index (κ3) is 5.59. The first-order valence-corrected chi connectivity index (χ1v) is 11.7. The zero-order chi connectivity index (χ0) is 22.3. The summed E-state index contributed by atoms with van der Waals surface area (Å²) in [6.07, 6.45) is 5.31. The Labute approximate surface area is 194 Å². The molecule has 6 nitrogen and oxygen atoms in total. The fourth-order valence-electron chi connectivity index (χ4n) is 3.84. The molecule has 1 N–H and O–H groups in total. The van der Waals surface area contributed by atoms with Crippen LogP contribution in [0.3, 0.4) is 0 Å². The minimum Gasteiger partial charge on any atom is -0.378 e. The summed E-state index contributed by atoms with van der Waals surface area (Å²) in [4.78, 5) is 27.5. The summed E-state index contributed by atoms with van der Waals surface area (Å²) < 4.78 is 0. The molecule has 1 aromatic heterocycles. The number of aromatic nitrogens is 2. The maximum absolute atomic E-state index is 12.9. The van der Waals surface area contributed by atoms with Crippen LogP contribution in [-0.2, 0) is 11.3 Å². The van der Waals surface area contributed by atoms with Gasteiger partial charge in [0.25, 0.3) is 0 Å². The molecule has 166 valence electrons. The van der Waals surface area contributed by atoms with Crippen LogP contribution in [0.15, 0.2) is 76.9 Å². The molecule has 1 fully saturated rings. The van der Waals surface area contributed by atoms with E-state index in [1.165, 1.54) is 0 Å². The SMILES string of the molecule is CN(C)c1ccc(CNC(=O)[C@H]2CCCN(c3nccnc3Sc3ccccc3)C2)cc1. The Morgan fingerprint density at radius 1 is 1.09 bits per heavy atom. The number of nitrogens with zero attached hydrogens (tertiary/aromatic N) is 4. The number of nitrogens with one attached hydrogen (secondary N) is 1. The third-order valence-corrected chi connectivity index (χ3v) is 6.60. The van der Waals surface area contributed by atoms with Crippen molar-refractivity contribution in [3.05, 3.63) is 72.6 Å². The number of piperidine rings is 1. The summed E-state index contributed by atoms with van der Waals surface area (Å²) in [5.74, 6) is 0.909. The smallest absolute Gasteiger partial charge is 0.225 e. The Morgan fingerprint density at radius 3 is 2.59 bits per heavy atom. The van der Waals surface area contributed by atoms with Crippen molar-refractivity contribution in [1.82, 2.24) is 15.3 Å². The number of amides is 1. The van der Waals surface area contributed by atoms with Gasteiger partial charge in [0.1, 0.15) is 5.03 Å². The van der Waals surface area contributed by atoms with Crippen LogP contribution >= 0.6 is 11.8 Å². The quantitative estimate of drug-likeness (QED) is 0.585. The molecule has 0 radical (unpaired) electrons. The molecule has 32 heavy (non-hydrogen) atoms. The molecule has 1 saturated heterocycles. The van der Waals surface area contributed by atoms with E-state index in [1.807, 2.05) is 32.3 Å². The van der Waals surface area contributed by atoms with Gasteiger partial charge in [-0.05, 0) is 42.7 Å². The summed E-state index contributed by atoms with van der Waals surface area (Å²) >= 11 is 1.61. The van der Waals surface area contributed by atoms with Gasteiger partial charge in [0.15, 0.2) is 5.82 Å². The van der Waals surface area contributed by atoms with Crippen LogP contribution in [0, 0.1) is 5.92 Å². The monoisotopic (exact) mass is 447 g/mol. The third-order valence-electron chi connectivity index (χ3n) is 5.62. The predicted molar refractivity (Wildman–Crippen MR) is 130 cm³/mol. The molecule has 1 aliphatic rings. The van der Waals surface area contributed by atoms with Crippen molar-refractivity contribution in [1.29, 1.82) is 0 Å². The second kappa shape index (κ2) is 10.5. The van der Waals surface area contributed by atoms with Gasteiger partial charge >= 0.3 is 0 Å². The lowest BCUT2D eigenvalue weighted by molar-refractivity contribution is -0.125. The lowest BCUT2D eigenvalue weighted by Crippen LogP contribution is -2.43. The summed E-state index contributed by atoms with van der Waals surface area (Å²) in [6, 6.07) is 18.5. The largest absolute Gasteiger partial charge is 0.378 e. The van der Waals surface area contributed by atoms with Crippen molar-refractivity contribution in [2.45, 2.75) is 29.3 Å². The van der Waals surface area contributed by atoms with Gasteiger partial charge in [-0.2, -0.15) is 0 Å². The van der Waals surface area contributed by atoms with E-state index in [9.17, 15) is 4.79 Å². The highest BCUT2D eigenvalue weighted by atomic mass is 32.2. The second-order valence-corrected chi connectivity index (χ2v) is 9.23. The van der Waals surface area contributed by atoms with Gasteiger partial charge in [-0.25, -0.2) is 9.97 Å². The van der Waals surface area contributed by atoms with Gasteiger partial charge in [0, 0.05) is 56.7 Å². The molecule has 1 aliphatic heterocycles. The van der Waals surface area contributed by atoms with Gasteiger partial charge in [-0.3, -0.25) is 4.79 Å². The zero-order valence-corrected chi connectivity index (χ0v) is 19.4. The molecule has 0 spiro atoms. The van der Waals surface area contributed by atoms with E-state index in [1.54, 1.807) is 24.2 Å². The van der Waals surface area contributed by atoms with E-state index in [0.717, 1.165) is 46.4 Å². The molecule has 4 rings (SSSR count). The molecule has 2 heterocycles. The van der Waals surface area contributed by atoms with Crippen molar-refractivity contribution in [2.24, 2.45) is 5.92 Å². The molecular weight excluding hydrogens is 418 g/mol. The van der Waals surface area contributed by atoms with E-state index < -0.39 is 0 Å². The van der Waals surface area contributed by atoms with Gasteiger partial charge < -0.3 is 15.1 Å². The molecule has 0 bridgehead atoms. The first-order chi connectivity index (χ1) is 15.6. The van der Waals surface area contributed by atoms with Gasteiger partial charge in [-0.1, -0.05) is 42.1 Å². The number of anilines is 2. The molecule has 0 saturated carbocycles. The molecule has 0 aliphatic carbocycles. The fourth-order valence-corrected chi connectivity index (χ4v) is 4.74. The van der Waals surface area contributed by atoms with Crippen LogP contribution in [0.2, 0.25) is 0 Å². The summed E-state index contributed by atoms with van der Waals surface area (Å²) in [5, 5.41) is 4.00. The van der Waals surface area contributed by atoms with Crippen LogP contribution in [0.4, 0.5) is 11.5 Å². The molecule has 1 amide bonds. The van der Waals surface area contributed by atoms with Crippen molar-refractivity contribution in [2.75, 3.05) is 37.0 Å². The lowest BCUT2D eigenvalue weighted by atomic mass is 9.97. The van der Waals surface area contributed by atoms with Gasteiger partial charge in [0.05, 0.1) is 5.92 Å². The highest BCUT2D eigenvalue weighted by Gasteiger charge is 2.28. The van der Waals surface area contributed by atoms with Crippen molar-refractivity contribution in [3.8, 4) is 0 Å². The zero-order valence-electron chi connectivity index (χ0n) is 18.6. The summed E-state index contributed by atoms with van der Waals surface area (Å²) in [5.41, 5.74) is 2.25. The molecule has 1 atom stereocenters. The van der Waals surface area contributed by atoms with E-state index in [-0.39, 0.29) is 11.8 Å². The topological polar surface area (TPSA) is 61.4 Å². The Balaban J connectivity index is 1.38. The Hall–Kier alpha value is -3.06. The minimum atomic E-state index is -0.0543. The maximum Gasteiger partial charge on any atom is 0.225 e. The van der Waals surface area contributed by atoms with E-state index in [2.05, 4.69) is 61.5 Å². The summed E-state index contributed by atoms with van der Waals surface area (Å²) in [7, 11) is 4.04. The highest BCUT2D eigenvalue weighted by molar-refractivity contribution is 7.99. The van der Waals surface area contributed by atoms with Crippen molar-refractivity contribution < 1.29 is 4.79 Å². The number of carbonyl (C=O) groups is 1. The Morgan fingerprint density at radius 2 is 1.84 bits per heavy atom. The summed E-state index contributed by atoms with van der Waals surface area (Å²) in [6.45, 7) is 2.09. The first-order valence-electron chi connectivity index (χ1n) is 10.9. The van der Waals surface area contributed by atoms with Gasteiger partial charge in [0.2, 0.25) is 5.91 Å². The molecule has 2 aromatic carbocycles. The normalized spacial score (nSPS) is 15.9. The lowest BCUT2D eigenvalue weighted by Gasteiger charge is -2.33. The molecule has 3 aromatic rings. The predicted octanol–water partition coefficient (Wildman–Crippen LogP) is 4.23. The molecule has 0 unspecified atom stereocenters. The number of hydrogen-bond donors (Lipinski definition) is 1. The van der Waals surface area contributed by atoms with Crippen LogP contribution in [-0.4, -0.2) is 43.1 Å². The Kier molecular flexibility index (Phi) is 7.27. The van der Waals surface area contributed by atoms with Crippen LogP contribution in [0.1, 0.15) is 18.4 Å². The van der Waals surface area contributed by atoms with Crippen LogP contribution in [0.5, 0.6) is 0 Å². The van der Waals surface area contributed by atoms with Crippen LogP contribution < -0.4 is 15.1 Å². The van der Waals surface area contributed by atoms with E-state index >= 15 is 0 Å². The Bertz CT molecular complexity index is 1030. The molecular formula is C25H29N5OS. The fraction of sp³-hybridized carbons (Fsp3) is 0.320. The number of rotatable bonds is 7. The van der Waals surface area contributed by atoms with Crippen LogP contribution in [0.25, 0.3) is 0 Å². The van der Waals surface area contributed by atoms with E-state index in [4.69, 9.17) is 0 Å². The second-order valence-electron chi connectivity index (χ2n) is 8.16. The highest BCUT2D eigenvalue weighted by Crippen LogP contribution is 2.33. The number of hydrogen-bond acceptors (Lipinski definition) is 6. The number of carbonyl (C=O) groups excluding carboxylic acids is 1. The maximum atomic E-state index is 12.9. The average Bonchev–Trinajstić information content (AvgIpc) is 2.84. The van der Waals surface area contributed by atoms with Crippen molar-refractivity contribution in [3.63, 3.8) is 0 Å². The minimum absolute atomic E-state index is 0.0543. The first kappa shape index (κ1) is 22.1.